The van der Waals surface area contributed by atoms with Gasteiger partial charge in [0.15, 0.2) is 0 Å². The molecule has 0 saturated carbocycles. The molecule has 0 spiro atoms. The molecule has 3 unspecified atom stereocenters. The van der Waals surface area contributed by atoms with Crippen molar-refractivity contribution in [2.24, 2.45) is 17.4 Å². The highest BCUT2D eigenvalue weighted by atomic mass is 16.3. The number of carbonyl (C=O) groups excluding carboxylic acids is 1. The molecule has 0 fully saturated rings. The summed E-state index contributed by atoms with van der Waals surface area (Å²) in [7, 11) is 0. The molecule has 0 aromatic rings. The molecule has 1 amide bonds. The van der Waals surface area contributed by atoms with Gasteiger partial charge in [-0.2, -0.15) is 0 Å². The Morgan fingerprint density at radius 3 is 2.42 bits per heavy atom. The van der Waals surface area contributed by atoms with Gasteiger partial charge >= 0.3 is 0 Å². The summed E-state index contributed by atoms with van der Waals surface area (Å²) in [6, 6.07) is -0.530. The van der Waals surface area contributed by atoms with E-state index >= 15 is 0 Å². The summed E-state index contributed by atoms with van der Waals surface area (Å²) < 4.78 is 0. The molecule has 5 N–H and O–H groups in total. The fourth-order valence-electron chi connectivity index (χ4n) is 0.971. The Kier molecular flexibility index (Phi) is 4.85. The molecule has 4 nitrogen and oxygen atoms in total. The van der Waals surface area contributed by atoms with E-state index in [1.165, 1.54) is 0 Å². The Hall–Kier alpha value is -0.610. The highest BCUT2D eigenvalue weighted by molar-refractivity contribution is 5.79. The van der Waals surface area contributed by atoms with Gasteiger partial charge in [0.1, 0.15) is 6.10 Å². The predicted molar refractivity (Wildman–Crippen MR) is 47.2 cm³/mol. The van der Waals surface area contributed by atoms with E-state index in [4.69, 9.17) is 16.6 Å². The Balaban J connectivity index is 3.86. The summed E-state index contributed by atoms with van der Waals surface area (Å²) in [5, 5.41) is 9.14. The zero-order valence-electron chi connectivity index (χ0n) is 7.66. The van der Waals surface area contributed by atoms with Crippen molar-refractivity contribution in [1.82, 2.24) is 0 Å². The monoisotopic (exact) mass is 174 g/mol. The lowest BCUT2D eigenvalue weighted by molar-refractivity contribution is -0.127. The molecule has 72 valence electrons. The normalized spacial score (nSPS) is 18.3. The largest absolute Gasteiger partial charge is 0.382 e. The zero-order chi connectivity index (χ0) is 9.72. The number of primary amides is 1. The van der Waals surface area contributed by atoms with Crippen LogP contribution in [0.25, 0.3) is 0 Å². The number of amides is 1. The van der Waals surface area contributed by atoms with Gasteiger partial charge in [-0.15, -0.1) is 0 Å². The fraction of sp³-hybridized carbons (Fsp3) is 0.875. The van der Waals surface area contributed by atoms with E-state index < -0.39 is 18.1 Å². The van der Waals surface area contributed by atoms with Crippen molar-refractivity contribution in [3.05, 3.63) is 0 Å². The molecule has 0 aromatic carbocycles. The second kappa shape index (κ2) is 5.11. The lowest BCUT2D eigenvalue weighted by atomic mass is 9.96. The molecule has 0 heterocycles. The van der Waals surface area contributed by atoms with Crippen molar-refractivity contribution >= 4 is 5.91 Å². The van der Waals surface area contributed by atoms with Crippen LogP contribution in [0.2, 0.25) is 0 Å². The average molecular weight is 174 g/mol. The number of carbonyl (C=O) groups is 1. The van der Waals surface area contributed by atoms with Gasteiger partial charge in [0, 0.05) is 6.04 Å². The number of aliphatic hydroxyl groups is 1. The third kappa shape index (κ3) is 3.69. The van der Waals surface area contributed by atoms with Gasteiger partial charge < -0.3 is 16.6 Å². The highest BCUT2D eigenvalue weighted by Crippen LogP contribution is 2.10. The predicted octanol–water partition coefficient (Wildman–Crippen LogP) is -0.404. The van der Waals surface area contributed by atoms with Crippen LogP contribution in [0, 0.1) is 5.92 Å². The van der Waals surface area contributed by atoms with Gasteiger partial charge in [-0.05, 0) is 12.3 Å². The van der Waals surface area contributed by atoms with Crippen molar-refractivity contribution < 1.29 is 9.90 Å². The van der Waals surface area contributed by atoms with E-state index in [1.807, 2.05) is 13.8 Å². The van der Waals surface area contributed by atoms with Crippen molar-refractivity contribution in [2.75, 3.05) is 0 Å². The van der Waals surface area contributed by atoms with Crippen LogP contribution in [-0.2, 0) is 4.79 Å². The van der Waals surface area contributed by atoms with E-state index in [9.17, 15) is 4.79 Å². The van der Waals surface area contributed by atoms with Gasteiger partial charge in [-0.1, -0.05) is 20.3 Å². The topological polar surface area (TPSA) is 89.3 Å². The third-order valence-electron chi connectivity index (χ3n) is 2.07. The fourth-order valence-corrected chi connectivity index (χ4v) is 0.971. The van der Waals surface area contributed by atoms with Gasteiger partial charge in [-0.3, -0.25) is 4.79 Å². The summed E-state index contributed by atoms with van der Waals surface area (Å²) in [6.45, 7) is 4.06. The minimum atomic E-state index is -1.21. The first kappa shape index (κ1) is 11.4. The number of rotatable bonds is 5. The number of nitrogens with two attached hydrogens (primary N) is 2. The van der Waals surface area contributed by atoms with E-state index in [0.29, 0.717) is 12.3 Å². The summed E-state index contributed by atoms with van der Waals surface area (Å²) in [4.78, 5) is 10.5. The molecule has 0 aromatic heterocycles. The van der Waals surface area contributed by atoms with Crippen molar-refractivity contribution in [2.45, 2.75) is 38.8 Å². The molecule has 0 saturated heterocycles. The maximum absolute atomic E-state index is 10.5. The first-order chi connectivity index (χ1) is 5.49. The molecule has 0 rings (SSSR count). The molecule has 0 radical (unpaired) electrons. The van der Waals surface area contributed by atoms with Crippen LogP contribution in [0.4, 0.5) is 0 Å². The smallest absolute Gasteiger partial charge is 0.247 e. The average Bonchev–Trinajstić information content (AvgIpc) is 2.02. The van der Waals surface area contributed by atoms with Crippen LogP contribution >= 0.6 is 0 Å². The Bertz CT molecular complexity index is 150. The molecule has 0 aliphatic carbocycles. The third-order valence-corrected chi connectivity index (χ3v) is 2.07. The highest BCUT2D eigenvalue weighted by Gasteiger charge is 2.21. The summed E-state index contributed by atoms with van der Waals surface area (Å²) in [5.41, 5.74) is 10.4. The van der Waals surface area contributed by atoms with Crippen molar-refractivity contribution in [1.29, 1.82) is 0 Å². The summed E-state index contributed by atoms with van der Waals surface area (Å²) in [6.07, 6.45) is 0.402. The van der Waals surface area contributed by atoms with Crippen molar-refractivity contribution in [3.63, 3.8) is 0 Å². The van der Waals surface area contributed by atoms with Crippen LogP contribution in [-0.4, -0.2) is 23.2 Å². The number of aliphatic hydroxyl groups excluding tert-OH is 1. The zero-order valence-corrected chi connectivity index (χ0v) is 7.66. The van der Waals surface area contributed by atoms with Gasteiger partial charge in [-0.25, -0.2) is 0 Å². The van der Waals surface area contributed by atoms with Crippen LogP contribution in [0.1, 0.15) is 26.7 Å². The van der Waals surface area contributed by atoms with Gasteiger partial charge in [0.2, 0.25) is 5.91 Å². The Morgan fingerprint density at radius 1 is 1.58 bits per heavy atom. The Labute approximate surface area is 72.9 Å². The quantitative estimate of drug-likeness (QED) is 0.529. The van der Waals surface area contributed by atoms with Crippen LogP contribution in [0.15, 0.2) is 0 Å². The van der Waals surface area contributed by atoms with Crippen LogP contribution < -0.4 is 11.5 Å². The minimum Gasteiger partial charge on any atom is -0.382 e. The standard InChI is InChI=1S/C8H18N2O2/c1-3-5(2)4-6(9)7(11)8(10)12/h5-7,11H,3-4,9H2,1-2H3,(H2,10,12). The molecular weight excluding hydrogens is 156 g/mol. The number of hydrogen-bond acceptors (Lipinski definition) is 3. The molecule has 0 aliphatic heterocycles. The Morgan fingerprint density at radius 2 is 2.08 bits per heavy atom. The molecule has 0 aliphatic rings. The molecule has 4 heteroatoms. The lowest BCUT2D eigenvalue weighted by Gasteiger charge is -2.18. The maximum Gasteiger partial charge on any atom is 0.247 e. The molecule has 12 heavy (non-hydrogen) atoms. The second-order valence-corrected chi connectivity index (χ2v) is 3.26. The SMILES string of the molecule is CCC(C)CC(N)C(O)C(N)=O. The van der Waals surface area contributed by atoms with Crippen LogP contribution in [0.3, 0.4) is 0 Å². The first-order valence-corrected chi connectivity index (χ1v) is 4.22. The van der Waals surface area contributed by atoms with E-state index in [-0.39, 0.29) is 0 Å². The van der Waals surface area contributed by atoms with Gasteiger partial charge in [0.05, 0.1) is 0 Å². The molecule has 3 atom stereocenters. The first-order valence-electron chi connectivity index (χ1n) is 4.22. The summed E-state index contributed by atoms with van der Waals surface area (Å²) >= 11 is 0. The second-order valence-electron chi connectivity index (χ2n) is 3.26. The van der Waals surface area contributed by atoms with Crippen LogP contribution in [0.5, 0.6) is 0 Å². The van der Waals surface area contributed by atoms with Crippen molar-refractivity contribution in [3.8, 4) is 0 Å². The van der Waals surface area contributed by atoms with Gasteiger partial charge in [0.25, 0.3) is 0 Å². The molecular formula is C8H18N2O2. The summed E-state index contributed by atoms with van der Waals surface area (Å²) in [5.74, 6) is -0.334. The maximum atomic E-state index is 10.5. The molecule has 0 bridgehead atoms. The lowest BCUT2D eigenvalue weighted by Crippen LogP contribution is -2.44. The minimum absolute atomic E-state index is 0.411. The van der Waals surface area contributed by atoms with E-state index in [2.05, 4.69) is 0 Å². The number of hydrogen-bond donors (Lipinski definition) is 3. The van der Waals surface area contributed by atoms with E-state index in [1.54, 1.807) is 0 Å². The van der Waals surface area contributed by atoms with E-state index in [0.717, 1.165) is 6.42 Å².